The van der Waals surface area contributed by atoms with Crippen LogP contribution in [0.2, 0.25) is 0 Å². The van der Waals surface area contributed by atoms with Crippen LogP contribution in [0.3, 0.4) is 0 Å². The van der Waals surface area contributed by atoms with Crippen LogP contribution in [0.5, 0.6) is 0 Å². The highest BCUT2D eigenvalue weighted by Gasteiger charge is 2.22. The van der Waals surface area contributed by atoms with E-state index in [0.717, 1.165) is 48.9 Å². The maximum atomic E-state index is 11.5. The van der Waals surface area contributed by atoms with Crippen LogP contribution in [-0.4, -0.2) is 51.9 Å². The van der Waals surface area contributed by atoms with E-state index in [1.165, 1.54) is 0 Å². The van der Waals surface area contributed by atoms with Gasteiger partial charge in [-0.25, -0.2) is 15.0 Å². The lowest BCUT2D eigenvalue weighted by Crippen LogP contribution is -2.48. The zero-order chi connectivity index (χ0) is 15.7. The zero-order valence-corrected chi connectivity index (χ0v) is 13.3. The predicted octanol–water partition coefficient (Wildman–Crippen LogP) is 1.82. The molecule has 6 nitrogen and oxygen atoms in total. The van der Waals surface area contributed by atoms with Gasteiger partial charge in [0.1, 0.15) is 11.6 Å². The number of hydrogen-bond acceptors (Lipinski definition) is 5. The number of pyridine rings is 1. The largest absolute Gasteiger partial charge is 0.352 e. The minimum atomic E-state index is 0.136. The first-order valence-electron chi connectivity index (χ1n) is 7.69. The summed E-state index contributed by atoms with van der Waals surface area (Å²) in [4.78, 5) is 29.3. The van der Waals surface area contributed by atoms with Crippen molar-refractivity contribution in [1.82, 2.24) is 19.9 Å². The molecule has 0 unspecified atom stereocenters. The fourth-order valence-electron chi connectivity index (χ4n) is 2.70. The Balaban J connectivity index is 1.97. The Labute approximate surface area is 130 Å². The van der Waals surface area contributed by atoms with Crippen LogP contribution in [-0.2, 0) is 4.79 Å². The molecule has 1 fully saturated rings. The average Bonchev–Trinajstić information content (AvgIpc) is 2.53. The molecule has 6 heteroatoms. The Bertz CT molecular complexity index is 692. The van der Waals surface area contributed by atoms with Gasteiger partial charge in [0.05, 0.1) is 5.39 Å². The summed E-state index contributed by atoms with van der Waals surface area (Å²) in [6.07, 6.45) is 1.76. The summed E-state index contributed by atoms with van der Waals surface area (Å²) in [6, 6.07) is 3.93. The number of rotatable bonds is 2. The summed E-state index contributed by atoms with van der Waals surface area (Å²) >= 11 is 0. The van der Waals surface area contributed by atoms with E-state index in [1.54, 1.807) is 13.1 Å². The molecule has 0 radical (unpaired) electrons. The molecule has 22 heavy (non-hydrogen) atoms. The van der Waals surface area contributed by atoms with Crippen molar-refractivity contribution in [3.63, 3.8) is 0 Å². The number of fused-ring (bicyclic) bond motifs is 1. The Kier molecular flexibility index (Phi) is 3.92. The second-order valence-electron chi connectivity index (χ2n) is 5.93. The minimum absolute atomic E-state index is 0.136. The van der Waals surface area contributed by atoms with Crippen LogP contribution >= 0.6 is 0 Å². The second kappa shape index (κ2) is 5.87. The smallest absolute Gasteiger partial charge is 0.219 e. The summed E-state index contributed by atoms with van der Waals surface area (Å²) in [6.45, 7) is 8.84. The summed E-state index contributed by atoms with van der Waals surface area (Å²) in [5.41, 5.74) is 0.741. The van der Waals surface area contributed by atoms with Crippen molar-refractivity contribution < 1.29 is 4.79 Å². The number of hydrogen-bond donors (Lipinski definition) is 0. The number of nitrogens with zero attached hydrogens (tertiary/aromatic N) is 5. The highest BCUT2D eigenvalue weighted by atomic mass is 16.2. The van der Waals surface area contributed by atoms with E-state index in [9.17, 15) is 4.79 Å². The summed E-state index contributed by atoms with van der Waals surface area (Å²) in [5, 5.41) is 0.975. The van der Waals surface area contributed by atoms with E-state index in [-0.39, 0.29) is 11.8 Å². The quantitative estimate of drug-likeness (QED) is 0.846. The normalized spacial score (nSPS) is 15.6. The molecule has 0 aromatic carbocycles. The number of carbonyl (C=O) groups excluding carboxylic acids is 1. The SMILES string of the molecule is CC(=O)N1CCN(c2nc(C(C)C)nc3ncccc23)CC1. The van der Waals surface area contributed by atoms with Gasteiger partial charge in [-0.15, -0.1) is 0 Å². The van der Waals surface area contributed by atoms with Gasteiger partial charge in [0.25, 0.3) is 0 Å². The molecule has 2 aromatic rings. The Hall–Kier alpha value is -2.24. The first-order chi connectivity index (χ1) is 10.6. The molecule has 0 saturated carbocycles. The van der Waals surface area contributed by atoms with Crippen molar-refractivity contribution in [2.45, 2.75) is 26.7 Å². The van der Waals surface area contributed by atoms with Crippen LogP contribution in [0.15, 0.2) is 18.3 Å². The fourth-order valence-corrected chi connectivity index (χ4v) is 2.70. The average molecular weight is 299 g/mol. The van der Waals surface area contributed by atoms with Crippen LogP contribution in [0.25, 0.3) is 11.0 Å². The Morgan fingerprint density at radius 2 is 1.91 bits per heavy atom. The predicted molar refractivity (Wildman–Crippen MR) is 85.9 cm³/mol. The molecular formula is C16H21N5O. The van der Waals surface area contributed by atoms with Crippen LogP contribution < -0.4 is 4.90 Å². The number of aromatic nitrogens is 3. The molecule has 2 aromatic heterocycles. The van der Waals surface area contributed by atoms with Crippen molar-refractivity contribution >= 4 is 22.8 Å². The lowest BCUT2D eigenvalue weighted by molar-refractivity contribution is -0.129. The molecule has 0 bridgehead atoms. The molecule has 3 heterocycles. The van der Waals surface area contributed by atoms with Crippen LogP contribution in [0.1, 0.15) is 32.5 Å². The molecule has 0 N–H and O–H groups in total. The molecule has 1 saturated heterocycles. The molecule has 1 aliphatic rings. The lowest BCUT2D eigenvalue weighted by Gasteiger charge is -2.35. The topological polar surface area (TPSA) is 62.2 Å². The van der Waals surface area contributed by atoms with Gasteiger partial charge in [0.15, 0.2) is 5.65 Å². The van der Waals surface area contributed by atoms with Crippen LogP contribution in [0, 0.1) is 0 Å². The maximum absolute atomic E-state index is 11.5. The van der Waals surface area contributed by atoms with Crippen molar-refractivity contribution in [2.24, 2.45) is 0 Å². The second-order valence-corrected chi connectivity index (χ2v) is 5.93. The molecule has 0 atom stereocenters. The van der Waals surface area contributed by atoms with E-state index in [2.05, 4.69) is 28.7 Å². The molecule has 116 valence electrons. The van der Waals surface area contributed by atoms with Crippen molar-refractivity contribution in [1.29, 1.82) is 0 Å². The molecule has 1 aliphatic heterocycles. The van der Waals surface area contributed by atoms with Crippen molar-refractivity contribution in [3.05, 3.63) is 24.2 Å². The van der Waals surface area contributed by atoms with Gasteiger partial charge >= 0.3 is 0 Å². The monoisotopic (exact) mass is 299 g/mol. The van der Waals surface area contributed by atoms with Crippen molar-refractivity contribution in [3.8, 4) is 0 Å². The van der Waals surface area contributed by atoms with E-state index < -0.39 is 0 Å². The first kappa shape index (κ1) is 14.7. The van der Waals surface area contributed by atoms with E-state index in [1.807, 2.05) is 17.0 Å². The highest BCUT2D eigenvalue weighted by Crippen LogP contribution is 2.25. The molecule has 1 amide bonds. The number of piperazine rings is 1. The maximum Gasteiger partial charge on any atom is 0.219 e. The number of carbonyl (C=O) groups is 1. The van der Waals surface area contributed by atoms with E-state index in [4.69, 9.17) is 4.98 Å². The van der Waals surface area contributed by atoms with Crippen LogP contribution in [0.4, 0.5) is 5.82 Å². The molecule has 0 aliphatic carbocycles. The Morgan fingerprint density at radius 3 is 2.55 bits per heavy atom. The zero-order valence-electron chi connectivity index (χ0n) is 13.3. The van der Waals surface area contributed by atoms with Gasteiger partial charge in [-0.1, -0.05) is 13.8 Å². The lowest BCUT2D eigenvalue weighted by atomic mass is 10.2. The summed E-state index contributed by atoms with van der Waals surface area (Å²) < 4.78 is 0. The molecule has 3 rings (SSSR count). The minimum Gasteiger partial charge on any atom is -0.352 e. The Morgan fingerprint density at radius 1 is 1.18 bits per heavy atom. The fraction of sp³-hybridized carbons (Fsp3) is 0.500. The van der Waals surface area contributed by atoms with Crippen molar-refractivity contribution in [2.75, 3.05) is 31.1 Å². The van der Waals surface area contributed by atoms with E-state index >= 15 is 0 Å². The summed E-state index contributed by atoms with van der Waals surface area (Å²) in [7, 11) is 0. The van der Waals surface area contributed by atoms with Gasteiger partial charge < -0.3 is 9.80 Å². The standard InChI is InChI=1S/C16H21N5O/c1-11(2)14-18-15-13(5-4-6-17-15)16(19-14)21-9-7-20(8-10-21)12(3)22/h4-6,11H,7-10H2,1-3H3. The third kappa shape index (κ3) is 2.73. The van der Waals surface area contributed by atoms with Gasteiger partial charge in [-0.3, -0.25) is 4.79 Å². The first-order valence-corrected chi connectivity index (χ1v) is 7.69. The molecule has 0 spiro atoms. The number of amides is 1. The third-order valence-electron chi connectivity index (χ3n) is 4.01. The highest BCUT2D eigenvalue weighted by molar-refractivity contribution is 5.87. The number of anilines is 1. The van der Waals surface area contributed by atoms with E-state index in [0.29, 0.717) is 0 Å². The van der Waals surface area contributed by atoms with Gasteiger partial charge in [-0.2, -0.15) is 0 Å². The third-order valence-corrected chi connectivity index (χ3v) is 4.01. The van der Waals surface area contributed by atoms with Gasteiger partial charge in [-0.05, 0) is 12.1 Å². The molecular weight excluding hydrogens is 278 g/mol. The summed E-state index contributed by atoms with van der Waals surface area (Å²) in [5.74, 6) is 2.14. The van der Waals surface area contributed by atoms with Gasteiger partial charge in [0.2, 0.25) is 5.91 Å². The van der Waals surface area contributed by atoms with Gasteiger partial charge in [0, 0.05) is 45.2 Å².